The summed E-state index contributed by atoms with van der Waals surface area (Å²) < 4.78 is 7.81. The summed E-state index contributed by atoms with van der Waals surface area (Å²) in [4.78, 5) is 8.56. The minimum absolute atomic E-state index is 0. The topological polar surface area (TPSA) is 74.6 Å². The van der Waals surface area contributed by atoms with Crippen molar-refractivity contribution in [1.29, 1.82) is 0 Å². The summed E-state index contributed by atoms with van der Waals surface area (Å²) in [6.45, 7) is 0. The molecule has 1 radical (unpaired) electrons. The Labute approximate surface area is 58.1 Å². The van der Waals surface area contributed by atoms with Crippen molar-refractivity contribution in [1.82, 2.24) is 0 Å². The third kappa shape index (κ3) is 11100. The van der Waals surface area contributed by atoms with Crippen molar-refractivity contribution in [3.8, 4) is 0 Å². The van der Waals surface area contributed by atoms with Gasteiger partial charge in [0.2, 0.25) is 0 Å². The predicted octanol–water partition coefficient (Wildman–Crippen LogP) is 0.0986. The van der Waals surface area contributed by atoms with Crippen LogP contribution in [0, 0.1) is 0 Å². The van der Waals surface area contributed by atoms with Gasteiger partial charge in [-0.05, 0) is 0 Å². The van der Waals surface area contributed by atoms with Gasteiger partial charge in [-0.25, -0.2) is 4.79 Å². The molecule has 0 bridgehead atoms. The second-order valence-electron chi connectivity index (χ2n) is 0.283. The van der Waals surface area contributed by atoms with Crippen molar-refractivity contribution in [2.75, 3.05) is 0 Å². The van der Waals surface area contributed by atoms with Crippen LogP contribution in [0.25, 0.3) is 0 Å². The Balaban J connectivity index is -0.0000000480. The van der Waals surface area contributed by atoms with Crippen LogP contribution in [0.4, 0.5) is 4.79 Å². The summed E-state index contributed by atoms with van der Waals surface area (Å²) in [5, 5.41) is 13.9. The maximum atomic E-state index is 8.56. The molecular weight excluding hydrogens is 198 g/mol. The molecule has 0 rings (SSSR count). The Morgan fingerprint density at radius 3 is 1.29 bits per heavy atom. The van der Waals surface area contributed by atoms with E-state index in [1.165, 1.54) is 0 Å². The van der Waals surface area contributed by atoms with Gasteiger partial charge in [0.05, 0.1) is 0 Å². The first-order chi connectivity index (χ1) is 2.73. The van der Waals surface area contributed by atoms with Gasteiger partial charge in [-0.1, -0.05) is 0 Å². The molecule has 0 aliphatic carbocycles. The molecule has 0 atom stereocenters. The van der Waals surface area contributed by atoms with Crippen LogP contribution in [-0.4, -0.2) is 16.4 Å². The molecule has 0 saturated carbocycles. The van der Waals surface area contributed by atoms with Gasteiger partial charge in [-0.3, -0.25) is 0 Å². The van der Waals surface area contributed by atoms with Crippen molar-refractivity contribution in [3.63, 3.8) is 0 Å². The van der Waals surface area contributed by atoms with Crippen molar-refractivity contribution in [3.05, 3.63) is 0 Å². The first-order valence-corrected chi connectivity index (χ1v) is 1.16. The molecule has 0 aliphatic rings. The zero-order valence-corrected chi connectivity index (χ0v) is 4.83. The molecule has 0 aromatic heterocycles. The summed E-state index contributed by atoms with van der Waals surface area (Å²) >= 11 is 2.94. The maximum absolute atomic E-state index is 8.56. The Morgan fingerprint density at radius 2 is 1.29 bits per heavy atom. The van der Waals surface area contributed by atoms with Crippen LogP contribution < -0.4 is 0 Å². The molecule has 0 aliphatic heterocycles. The molecule has 0 unspecified atom stereocenters. The number of hydrogen-bond acceptors (Lipinski definition) is 2. The second kappa shape index (κ2) is 16.5. The molecule has 0 heterocycles. The summed E-state index contributed by atoms with van der Waals surface area (Å²) in [5.41, 5.74) is 0. The van der Waals surface area contributed by atoms with Gasteiger partial charge < -0.3 is 10.2 Å². The number of rotatable bonds is 0. The molecule has 4 nitrogen and oxygen atoms in total. The third-order valence-corrected chi connectivity index (χ3v) is 0. The van der Waals surface area contributed by atoms with Crippen molar-refractivity contribution in [2.24, 2.45) is 0 Å². The molecule has 0 spiro atoms. The van der Waals surface area contributed by atoms with Crippen LogP contribution in [0.15, 0.2) is 0 Å². The Morgan fingerprint density at radius 1 is 1.29 bits per heavy atom. The quantitative estimate of drug-likeness (QED) is 0.544. The molecule has 0 aromatic carbocycles. The summed E-state index contributed by atoms with van der Waals surface area (Å²) in [7, 11) is 0. The predicted molar refractivity (Wildman–Crippen MR) is 11.3 cm³/mol. The average molecular weight is 201 g/mol. The Hall–Kier alpha value is 0.0960. The number of carbonyl (C=O) groups is 1. The standard InChI is InChI=1S/CH2O3.Co.Cu.O/c2-1(3)4;;;/h(H2,2,3,4);;;. The molecule has 6 heteroatoms. The van der Waals surface area contributed by atoms with Gasteiger partial charge >= 0.3 is 25.9 Å². The van der Waals surface area contributed by atoms with Gasteiger partial charge in [0.25, 0.3) is 0 Å². The van der Waals surface area contributed by atoms with E-state index in [2.05, 4.69) is 15.9 Å². The Kier molecular flexibility index (Phi) is 37.1. The van der Waals surface area contributed by atoms with Crippen LogP contribution in [-0.2, 0) is 36.6 Å². The molecule has 50 valence electrons. The molecular formula is CH2CoCuO4. The summed E-state index contributed by atoms with van der Waals surface area (Å²) in [6.07, 6.45) is -1.83. The van der Waals surface area contributed by atoms with E-state index in [1.807, 2.05) is 0 Å². The zero-order valence-electron chi connectivity index (χ0n) is 2.85. The monoisotopic (exact) mass is 200 g/mol. The van der Waals surface area contributed by atoms with Gasteiger partial charge in [0.1, 0.15) is 0 Å². The fourth-order valence-corrected chi connectivity index (χ4v) is 0. The van der Waals surface area contributed by atoms with Crippen LogP contribution in [0.1, 0.15) is 0 Å². The molecule has 0 fully saturated rings. The van der Waals surface area contributed by atoms with Crippen molar-refractivity contribution < 1.29 is 51.6 Å². The molecule has 0 saturated heterocycles. The van der Waals surface area contributed by atoms with Gasteiger partial charge in [-0.2, -0.15) is 0 Å². The fraction of sp³-hybridized carbons (Fsp3) is 0. The molecule has 7 heavy (non-hydrogen) atoms. The fourth-order valence-electron chi connectivity index (χ4n) is 0. The van der Waals surface area contributed by atoms with E-state index in [4.69, 9.17) is 18.8 Å². The van der Waals surface area contributed by atoms with Crippen molar-refractivity contribution in [2.45, 2.75) is 0 Å². The summed E-state index contributed by atoms with van der Waals surface area (Å²) in [5.74, 6) is 0. The molecule has 0 amide bonds. The van der Waals surface area contributed by atoms with E-state index in [0.717, 1.165) is 0 Å². The van der Waals surface area contributed by atoms with E-state index in [-0.39, 0.29) is 16.8 Å². The van der Waals surface area contributed by atoms with Crippen LogP contribution in [0.3, 0.4) is 0 Å². The normalized spacial score (nSPS) is 4.29. The number of carboxylic acid groups (broad SMARTS) is 2. The van der Waals surface area contributed by atoms with Gasteiger partial charge in [0, 0.05) is 16.8 Å². The molecule has 2 N–H and O–H groups in total. The van der Waals surface area contributed by atoms with Gasteiger partial charge in [-0.15, -0.1) is 0 Å². The SMILES string of the molecule is O=C(O)O.[Co].[O]=[Cu]. The second-order valence-corrected chi connectivity index (χ2v) is 0.283. The van der Waals surface area contributed by atoms with Crippen LogP contribution in [0.2, 0.25) is 0 Å². The third-order valence-electron chi connectivity index (χ3n) is 0. The Bertz CT molecular complexity index is 43.0. The molecule has 0 aromatic rings. The van der Waals surface area contributed by atoms with Crippen LogP contribution in [0.5, 0.6) is 0 Å². The van der Waals surface area contributed by atoms with Crippen LogP contribution >= 0.6 is 0 Å². The van der Waals surface area contributed by atoms with E-state index in [9.17, 15) is 0 Å². The van der Waals surface area contributed by atoms with E-state index < -0.39 is 6.16 Å². The van der Waals surface area contributed by atoms with Gasteiger partial charge in [0.15, 0.2) is 0 Å². The minimum atomic E-state index is -1.83. The van der Waals surface area contributed by atoms with E-state index in [1.54, 1.807) is 0 Å². The first-order valence-electron chi connectivity index (χ1n) is 0.774. The van der Waals surface area contributed by atoms with E-state index >= 15 is 0 Å². The summed E-state index contributed by atoms with van der Waals surface area (Å²) in [6, 6.07) is 0. The van der Waals surface area contributed by atoms with E-state index in [0.29, 0.717) is 0 Å². The first kappa shape index (κ1) is 15.7. The number of hydrogen-bond donors (Lipinski definition) is 2. The zero-order chi connectivity index (χ0) is 5.58. The average Bonchev–Trinajstić information content (AvgIpc) is 1.41. The van der Waals surface area contributed by atoms with Crippen molar-refractivity contribution >= 4 is 6.16 Å².